The van der Waals surface area contributed by atoms with Gasteiger partial charge in [-0.05, 0) is 30.5 Å². The molecule has 1 nitrogen and oxygen atoms in total. The highest BCUT2D eigenvalue weighted by molar-refractivity contribution is 6.30. The lowest BCUT2D eigenvalue weighted by Gasteiger charge is -2.37. The zero-order chi connectivity index (χ0) is 9.31. The van der Waals surface area contributed by atoms with Crippen molar-refractivity contribution in [2.24, 2.45) is 0 Å². The second kappa shape index (κ2) is 3.15. The molecule has 0 saturated heterocycles. The van der Waals surface area contributed by atoms with Gasteiger partial charge in [0.2, 0.25) is 0 Å². The van der Waals surface area contributed by atoms with Gasteiger partial charge in [-0.1, -0.05) is 30.2 Å². The van der Waals surface area contributed by atoms with E-state index in [9.17, 15) is 4.79 Å². The van der Waals surface area contributed by atoms with E-state index in [0.717, 1.165) is 31.1 Å². The van der Waals surface area contributed by atoms with Crippen LogP contribution < -0.4 is 0 Å². The minimum atomic E-state index is -0.217. The zero-order valence-corrected chi connectivity index (χ0v) is 8.05. The fourth-order valence-corrected chi connectivity index (χ4v) is 2.02. The maximum atomic E-state index is 11.0. The lowest BCUT2D eigenvalue weighted by atomic mass is 9.65. The Labute approximate surface area is 82.7 Å². The van der Waals surface area contributed by atoms with Crippen molar-refractivity contribution in [1.29, 1.82) is 0 Å². The molecule has 0 aromatic heterocycles. The minimum Gasteiger partial charge on any atom is -0.302 e. The van der Waals surface area contributed by atoms with Crippen LogP contribution in [0.1, 0.15) is 24.8 Å². The first-order valence-corrected chi connectivity index (χ1v) is 4.87. The molecule has 0 amide bonds. The van der Waals surface area contributed by atoms with Gasteiger partial charge in [-0.2, -0.15) is 0 Å². The highest BCUT2D eigenvalue weighted by Gasteiger charge is 2.38. The van der Waals surface area contributed by atoms with Gasteiger partial charge in [-0.3, -0.25) is 0 Å². The smallest absolute Gasteiger partial charge is 0.130 e. The Hall–Kier alpha value is -0.820. The quantitative estimate of drug-likeness (QED) is 0.662. The van der Waals surface area contributed by atoms with E-state index in [1.54, 1.807) is 0 Å². The first-order chi connectivity index (χ1) is 6.27. The molecule has 0 atom stereocenters. The number of rotatable bonds is 2. The summed E-state index contributed by atoms with van der Waals surface area (Å²) in [4.78, 5) is 11.0. The molecule has 1 aliphatic carbocycles. The average Bonchev–Trinajstić information content (AvgIpc) is 2.03. The number of hydrogen-bond acceptors (Lipinski definition) is 1. The molecule has 1 aromatic rings. The van der Waals surface area contributed by atoms with E-state index in [0.29, 0.717) is 5.02 Å². The normalized spacial score (nSPS) is 19.2. The standard InChI is InChI=1S/C11H11ClO/c12-10-4-1-3-9(7-10)11(8-13)5-2-6-11/h1,3-4,7-8H,2,5-6H2. The summed E-state index contributed by atoms with van der Waals surface area (Å²) in [6, 6.07) is 7.62. The summed E-state index contributed by atoms with van der Waals surface area (Å²) in [5.41, 5.74) is 0.853. The first kappa shape index (κ1) is 8.76. The molecule has 13 heavy (non-hydrogen) atoms. The summed E-state index contributed by atoms with van der Waals surface area (Å²) in [7, 11) is 0. The Kier molecular flexibility index (Phi) is 2.12. The van der Waals surface area contributed by atoms with Crippen LogP contribution in [-0.4, -0.2) is 6.29 Å². The summed E-state index contributed by atoms with van der Waals surface area (Å²) < 4.78 is 0. The van der Waals surface area contributed by atoms with Crippen LogP contribution in [-0.2, 0) is 10.2 Å². The van der Waals surface area contributed by atoms with E-state index >= 15 is 0 Å². The van der Waals surface area contributed by atoms with Gasteiger partial charge in [-0.25, -0.2) is 0 Å². The lowest BCUT2D eigenvalue weighted by Crippen LogP contribution is -2.35. The van der Waals surface area contributed by atoms with Crippen LogP contribution in [0.5, 0.6) is 0 Å². The third-order valence-electron chi connectivity index (χ3n) is 2.87. The van der Waals surface area contributed by atoms with Crippen molar-refractivity contribution in [2.75, 3.05) is 0 Å². The minimum absolute atomic E-state index is 0.217. The maximum Gasteiger partial charge on any atom is 0.130 e. The predicted octanol–water partition coefficient (Wildman–Crippen LogP) is 2.96. The molecule has 0 bridgehead atoms. The SMILES string of the molecule is O=CC1(c2cccc(Cl)c2)CCC1. The number of benzene rings is 1. The van der Waals surface area contributed by atoms with Gasteiger partial charge in [0.15, 0.2) is 0 Å². The van der Waals surface area contributed by atoms with Crippen LogP contribution >= 0.6 is 11.6 Å². The predicted molar refractivity (Wildman–Crippen MR) is 53.0 cm³/mol. The van der Waals surface area contributed by atoms with E-state index in [-0.39, 0.29) is 5.41 Å². The highest BCUT2D eigenvalue weighted by Crippen LogP contribution is 2.42. The lowest BCUT2D eigenvalue weighted by molar-refractivity contribution is -0.115. The summed E-state index contributed by atoms with van der Waals surface area (Å²) in [6.45, 7) is 0. The van der Waals surface area contributed by atoms with E-state index in [1.165, 1.54) is 0 Å². The number of hydrogen-bond donors (Lipinski definition) is 0. The molecule has 1 fully saturated rings. The second-order valence-corrected chi connectivity index (χ2v) is 4.07. The van der Waals surface area contributed by atoms with Crippen molar-refractivity contribution < 1.29 is 4.79 Å². The Balaban J connectivity index is 2.38. The molecule has 0 radical (unpaired) electrons. The van der Waals surface area contributed by atoms with Gasteiger partial charge in [-0.15, -0.1) is 0 Å². The molecule has 1 aromatic carbocycles. The summed E-state index contributed by atoms with van der Waals surface area (Å²) in [5, 5.41) is 0.714. The van der Waals surface area contributed by atoms with E-state index in [2.05, 4.69) is 0 Å². The molecule has 2 heteroatoms. The second-order valence-electron chi connectivity index (χ2n) is 3.64. The molecule has 0 aliphatic heterocycles. The summed E-state index contributed by atoms with van der Waals surface area (Å²) in [5.74, 6) is 0. The molecule has 0 unspecified atom stereocenters. The average molecular weight is 195 g/mol. The molecule has 68 valence electrons. The van der Waals surface area contributed by atoms with Crippen LogP contribution in [0.25, 0.3) is 0 Å². The van der Waals surface area contributed by atoms with Crippen molar-refractivity contribution in [3.05, 3.63) is 34.9 Å². The van der Waals surface area contributed by atoms with E-state index in [1.807, 2.05) is 24.3 Å². The first-order valence-electron chi connectivity index (χ1n) is 4.49. The largest absolute Gasteiger partial charge is 0.302 e. The molecule has 1 saturated carbocycles. The van der Waals surface area contributed by atoms with Gasteiger partial charge in [0.1, 0.15) is 6.29 Å². The van der Waals surface area contributed by atoms with Crippen LogP contribution in [0, 0.1) is 0 Å². The van der Waals surface area contributed by atoms with Gasteiger partial charge in [0, 0.05) is 5.02 Å². The molecule has 0 spiro atoms. The van der Waals surface area contributed by atoms with Crippen molar-refractivity contribution >= 4 is 17.9 Å². The fourth-order valence-electron chi connectivity index (χ4n) is 1.83. The third-order valence-corrected chi connectivity index (χ3v) is 3.11. The molecule has 1 aliphatic rings. The van der Waals surface area contributed by atoms with Crippen LogP contribution in [0.3, 0.4) is 0 Å². The topological polar surface area (TPSA) is 17.1 Å². The summed E-state index contributed by atoms with van der Waals surface area (Å²) >= 11 is 5.87. The third kappa shape index (κ3) is 1.37. The Morgan fingerprint density at radius 3 is 2.62 bits per heavy atom. The number of aldehydes is 1. The molecular weight excluding hydrogens is 184 g/mol. The highest BCUT2D eigenvalue weighted by atomic mass is 35.5. The molecule has 0 heterocycles. The Morgan fingerprint density at radius 1 is 1.38 bits per heavy atom. The molecule has 2 rings (SSSR count). The summed E-state index contributed by atoms with van der Waals surface area (Å²) in [6.07, 6.45) is 4.15. The number of halogens is 1. The van der Waals surface area contributed by atoms with Gasteiger partial charge in [0.05, 0.1) is 5.41 Å². The van der Waals surface area contributed by atoms with Crippen LogP contribution in [0.15, 0.2) is 24.3 Å². The van der Waals surface area contributed by atoms with E-state index < -0.39 is 0 Å². The van der Waals surface area contributed by atoms with Gasteiger partial charge < -0.3 is 4.79 Å². The van der Waals surface area contributed by atoms with Crippen molar-refractivity contribution in [3.63, 3.8) is 0 Å². The maximum absolute atomic E-state index is 11.0. The molecule has 0 N–H and O–H groups in total. The number of carbonyl (C=O) groups excluding carboxylic acids is 1. The Bertz CT molecular complexity index is 329. The van der Waals surface area contributed by atoms with Crippen LogP contribution in [0.2, 0.25) is 5.02 Å². The van der Waals surface area contributed by atoms with Crippen molar-refractivity contribution in [1.82, 2.24) is 0 Å². The van der Waals surface area contributed by atoms with Gasteiger partial charge >= 0.3 is 0 Å². The van der Waals surface area contributed by atoms with Gasteiger partial charge in [0.25, 0.3) is 0 Å². The number of carbonyl (C=O) groups is 1. The van der Waals surface area contributed by atoms with Crippen LogP contribution in [0.4, 0.5) is 0 Å². The van der Waals surface area contributed by atoms with E-state index in [4.69, 9.17) is 11.6 Å². The fraction of sp³-hybridized carbons (Fsp3) is 0.364. The monoisotopic (exact) mass is 194 g/mol. The van der Waals surface area contributed by atoms with Crippen molar-refractivity contribution in [3.8, 4) is 0 Å². The van der Waals surface area contributed by atoms with Crippen molar-refractivity contribution in [2.45, 2.75) is 24.7 Å². The zero-order valence-electron chi connectivity index (χ0n) is 7.29. The Morgan fingerprint density at radius 2 is 2.15 bits per heavy atom. The molecular formula is C11H11ClO.